The molecule has 0 saturated carbocycles. The Morgan fingerprint density at radius 2 is 2.36 bits per heavy atom. The minimum Gasteiger partial charge on any atom is -0.382 e. The molecule has 0 aliphatic heterocycles. The summed E-state index contributed by atoms with van der Waals surface area (Å²) in [5, 5.41) is 16.2. The molecule has 0 radical (unpaired) electrons. The summed E-state index contributed by atoms with van der Waals surface area (Å²) < 4.78 is 0. The zero-order valence-corrected chi connectivity index (χ0v) is 11.9. The molecule has 0 bridgehead atoms. The second-order valence-corrected chi connectivity index (χ2v) is 4.82. The highest BCUT2D eigenvalue weighted by molar-refractivity contribution is 6.02. The van der Waals surface area contributed by atoms with Crippen LogP contribution in [0.3, 0.4) is 0 Å². The lowest BCUT2D eigenvalue weighted by molar-refractivity contribution is 0.804. The van der Waals surface area contributed by atoms with Crippen molar-refractivity contribution in [2.45, 2.75) is 13.5 Å². The number of H-pyrrole nitrogens is 1. The zero-order valence-electron chi connectivity index (χ0n) is 11.9. The van der Waals surface area contributed by atoms with Crippen LogP contribution in [0.4, 0.5) is 0 Å². The summed E-state index contributed by atoms with van der Waals surface area (Å²) in [4.78, 5) is 12.1. The zero-order chi connectivity index (χ0) is 15.5. The van der Waals surface area contributed by atoms with Gasteiger partial charge in [0.15, 0.2) is 0 Å². The van der Waals surface area contributed by atoms with Gasteiger partial charge >= 0.3 is 0 Å². The first-order chi connectivity index (χ1) is 10.7. The van der Waals surface area contributed by atoms with Crippen LogP contribution < -0.4 is 5.32 Å². The van der Waals surface area contributed by atoms with E-state index in [0.29, 0.717) is 17.8 Å². The fourth-order valence-corrected chi connectivity index (χ4v) is 2.20. The number of hydrogen-bond acceptors (Lipinski definition) is 6. The summed E-state index contributed by atoms with van der Waals surface area (Å²) in [5.41, 5.74) is 10.5. The van der Waals surface area contributed by atoms with Gasteiger partial charge in [0.05, 0.1) is 41.1 Å². The number of nitriles is 1. The molecule has 0 spiro atoms. The molecule has 0 amide bonds. The number of fused-ring (bicyclic) bond motifs is 3. The highest BCUT2D eigenvalue weighted by atomic mass is 15.0. The lowest BCUT2D eigenvalue weighted by atomic mass is 10.1. The van der Waals surface area contributed by atoms with E-state index in [2.05, 4.69) is 31.5 Å². The first kappa shape index (κ1) is 13.7. The molecule has 0 fully saturated rings. The van der Waals surface area contributed by atoms with Gasteiger partial charge in [-0.25, -0.2) is 10.5 Å². The van der Waals surface area contributed by atoms with E-state index in [1.165, 1.54) is 0 Å². The molecule has 7 nitrogen and oxygen atoms in total. The van der Waals surface area contributed by atoms with Gasteiger partial charge in [-0.05, 0) is 25.1 Å². The van der Waals surface area contributed by atoms with E-state index in [1.807, 2.05) is 12.1 Å². The lowest BCUT2D eigenvalue weighted by Gasteiger charge is -1.98. The number of imidazole rings is 1. The van der Waals surface area contributed by atoms with E-state index in [0.717, 1.165) is 27.8 Å². The normalized spacial score (nSPS) is 11.5. The van der Waals surface area contributed by atoms with Crippen LogP contribution in [0.15, 0.2) is 41.4 Å². The number of hydrogen-bond donors (Lipinski definition) is 3. The minimum absolute atomic E-state index is 0.487. The Morgan fingerprint density at radius 3 is 3.14 bits per heavy atom. The van der Waals surface area contributed by atoms with Crippen molar-refractivity contribution in [3.05, 3.63) is 47.7 Å². The van der Waals surface area contributed by atoms with Crippen molar-refractivity contribution >= 4 is 21.9 Å². The number of nitrogens with zero attached hydrogens (tertiary/aromatic N) is 4. The van der Waals surface area contributed by atoms with Gasteiger partial charge in [-0.1, -0.05) is 0 Å². The van der Waals surface area contributed by atoms with Crippen LogP contribution >= 0.6 is 0 Å². The van der Waals surface area contributed by atoms with Gasteiger partial charge in [0, 0.05) is 11.6 Å². The molecular weight excluding hydrogens is 278 g/mol. The molecule has 1 aromatic carbocycles. The summed E-state index contributed by atoms with van der Waals surface area (Å²) in [7, 11) is 0. The fraction of sp³-hybridized carbons (Fsp3) is 0.133. The van der Waals surface area contributed by atoms with Crippen molar-refractivity contribution in [3.8, 4) is 6.07 Å². The molecule has 0 aliphatic rings. The number of aromatic nitrogens is 3. The Morgan fingerprint density at radius 1 is 1.50 bits per heavy atom. The maximum absolute atomic E-state index is 9.03. The number of allylic oxidation sites excluding steroid dienone is 1. The van der Waals surface area contributed by atoms with Gasteiger partial charge in [0.25, 0.3) is 0 Å². The number of rotatable bonds is 4. The smallest absolute Gasteiger partial charge is 0.126 e. The van der Waals surface area contributed by atoms with E-state index in [9.17, 15) is 0 Å². The van der Waals surface area contributed by atoms with E-state index < -0.39 is 0 Å². The average molecular weight is 291 g/mol. The predicted molar refractivity (Wildman–Crippen MR) is 81.9 cm³/mol. The summed E-state index contributed by atoms with van der Waals surface area (Å²) in [6.45, 7) is 2.22. The summed E-state index contributed by atoms with van der Waals surface area (Å²) in [5.74, 6) is 0.751. The van der Waals surface area contributed by atoms with Crippen LogP contribution in [0.1, 0.15) is 18.3 Å². The molecule has 3 N–H and O–H groups in total. The molecule has 3 rings (SSSR count). The topological polar surface area (TPSA) is 114 Å². The van der Waals surface area contributed by atoms with Crippen LogP contribution in [0, 0.1) is 16.9 Å². The monoisotopic (exact) mass is 291 g/mol. The number of pyridine rings is 1. The molecule has 0 unspecified atom stereocenters. The lowest BCUT2D eigenvalue weighted by Crippen LogP contribution is -2.06. The third-order valence-electron chi connectivity index (χ3n) is 3.26. The second kappa shape index (κ2) is 5.61. The van der Waals surface area contributed by atoms with Crippen LogP contribution in [0.5, 0.6) is 0 Å². The number of benzene rings is 1. The molecule has 7 heteroatoms. The first-order valence-electron chi connectivity index (χ1n) is 6.66. The maximum atomic E-state index is 9.03. The van der Waals surface area contributed by atoms with Gasteiger partial charge in [-0.3, -0.25) is 4.98 Å². The molecule has 2 aromatic heterocycles. The van der Waals surface area contributed by atoms with Crippen molar-refractivity contribution in [2.75, 3.05) is 0 Å². The van der Waals surface area contributed by atoms with Gasteiger partial charge in [0.1, 0.15) is 11.3 Å². The van der Waals surface area contributed by atoms with E-state index in [1.54, 1.807) is 25.4 Å². The van der Waals surface area contributed by atoms with E-state index in [4.69, 9.17) is 10.8 Å². The van der Waals surface area contributed by atoms with Crippen molar-refractivity contribution in [1.82, 2.24) is 20.3 Å². The molecule has 3 aromatic rings. The Hall–Kier alpha value is -3.27. The predicted octanol–water partition coefficient (Wildman–Crippen LogP) is 2.96. The highest BCUT2D eigenvalue weighted by Gasteiger charge is 2.08. The Kier molecular flexibility index (Phi) is 3.50. The largest absolute Gasteiger partial charge is 0.382 e. The molecule has 0 aliphatic carbocycles. The molecule has 108 valence electrons. The van der Waals surface area contributed by atoms with Gasteiger partial charge in [-0.15, -0.1) is 0 Å². The van der Waals surface area contributed by atoms with E-state index >= 15 is 0 Å². The Labute approximate surface area is 126 Å². The Balaban J connectivity index is 2.00. The van der Waals surface area contributed by atoms with Crippen molar-refractivity contribution < 1.29 is 0 Å². The number of nitrogens with one attached hydrogen (secondary N) is 3. The SMILES string of the molecule is C/C(=C/NCc1nc2cnc3ccc(C#N)cc3c2[nH]1)N=N. The molecule has 22 heavy (non-hydrogen) atoms. The average Bonchev–Trinajstić information content (AvgIpc) is 2.97. The van der Waals surface area contributed by atoms with Crippen molar-refractivity contribution in [1.29, 1.82) is 10.8 Å². The highest BCUT2D eigenvalue weighted by Crippen LogP contribution is 2.22. The quantitative estimate of drug-likeness (QED) is 0.641. The summed E-state index contributed by atoms with van der Waals surface area (Å²) in [6, 6.07) is 7.52. The van der Waals surface area contributed by atoms with Crippen LogP contribution in [0.25, 0.3) is 21.9 Å². The Bertz CT molecular complexity index is 930. The third-order valence-corrected chi connectivity index (χ3v) is 3.26. The van der Waals surface area contributed by atoms with Crippen molar-refractivity contribution in [2.24, 2.45) is 5.11 Å². The number of aromatic amines is 1. The first-order valence-corrected chi connectivity index (χ1v) is 6.66. The molecule has 0 atom stereocenters. The molecular formula is C15H13N7. The molecule has 2 heterocycles. The standard InChI is InChI=1S/C15H13N7/c1-9(22-17)6-18-8-14-20-13-7-19-12-3-2-10(5-16)4-11(12)15(13)21-14/h2-4,6-7,17-18H,8H2,1H3,(H,20,21)/b9-6-,22-17?. The third kappa shape index (κ3) is 2.50. The second-order valence-electron chi connectivity index (χ2n) is 4.82. The van der Waals surface area contributed by atoms with Crippen LogP contribution in [-0.4, -0.2) is 15.0 Å². The maximum Gasteiger partial charge on any atom is 0.126 e. The van der Waals surface area contributed by atoms with E-state index in [-0.39, 0.29) is 0 Å². The van der Waals surface area contributed by atoms with Gasteiger partial charge in [-0.2, -0.15) is 10.4 Å². The van der Waals surface area contributed by atoms with Crippen LogP contribution in [0.2, 0.25) is 0 Å². The summed E-state index contributed by atoms with van der Waals surface area (Å²) in [6.07, 6.45) is 3.37. The minimum atomic E-state index is 0.487. The summed E-state index contributed by atoms with van der Waals surface area (Å²) >= 11 is 0. The van der Waals surface area contributed by atoms with Crippen LogP contribution in [-0.2, 0) is 6.54 Å². The molecule has 0 saturated heterocycles. The van der Waals surface area contributed by atoms with Crippen molar-refractivity contribution in [3.63, 3.8) is 0 Å². The van der Waals surface area contributed by atoms with Gasteiger partial charge < -0.3 is 10.3 Å². The fourth-order valence-electron chi connectivity index (χ4n) is 2.20. The van der Waals surface area contributed by atoms with Gasteiger partial charge in [0.2, 0.25) is 0 Å².